The number of fused-ring (bicyclic) bond motifs is 1. The number of imidazole rings is 1. The Bertz CT molecular complexity index is 397. The SMILES string of the molecule is Cc1nc2ccc(N)cc2[nH]1.Cl.Cl. The predicted molar refractivity (Wildman–Crippen MR) is 59.7 cm³/mol. The number of aromatic nitrogens is 2. The number of hydrogen-bond donors (Lipinski definition) is 2. The molecule has 0 saturated heterocycles. The first-order valence-corrected chi connectivity index (χ1v) is 3.47. The molecule has 0 aliphatic heterocycles. The summed E-state index contributed by atoms with van der Waals surface area (Å²) in [5, 5.41) is 0. The van der Waals surface area contributed by atoms with Crippen LogP contribution in [-0.2, 0) is 0 Å². The molecule has 0 radical (unpaired) electrons. The summed E-state index contributed by atoms with van der Waals surface area (Å²) >= 11 is 0. The van der Waals surface area contributed by atoms with Crippen LogP contribution >= 0.6 is 24.8 Å². The Morgan fingerprint density at radius 2 is 2.00 bits per heavy atom. The molecule has 1 aromatic heterocycles. The lowest BCUT2D eigenvalue weighted by molar-refractivity contribution is 1.17. The minimum absolute atomic E-state index is 0. The van der Waals surface area contributed by atoms with Crippen LogP contribution in [0, 0.1) is 6.92 Å². The first-order valence-electron chi connectivity index (χ1n) is 3.47. The van der Waals surface area contributed by atoms with Crippen molar-refractivity contribution in [2.75, 3.05) is 5.73 Å². The zero-order valence-corrected chi connectivity index (χ0v) is 8.71. The molecule has 0 spiro atoms. The molecule has 2 rings (SSSR count). The fraction of sp³-hybridized carbons (Fsp3) is 0.125. The second-order valence-electron chi connectivity index (χ2n) is 2.60. The van der Waals surface area contributed by atoms with Crippen molar-refractivity contribution in [3.8, 4) is 0 Å². The van der Waals surface area contributed by atoms with Gasteiger partial charge in [0, 0.05) is 5.69 Å². The van der Waals surface area contributed by atoms with Gasteiger partial charge in [-0.3, -0.25) is 0 Å². The Hall–Kier alpha value is -0.930. The normalized spacial score (nSPS) is 9.00. The molecular weight excluding hydrogens is 209 g/mol. The third-order valence-electron chi connectivity index (χ3n) is 1.62. The molecule has 0 saturated carbocycles. The number of hydrogen-bond acceptors (Lipinski definition) is 2. The maximum Gasteiger partial charge on any atom is 0.104 e. The molecule has 1 aromatic carbocycles. The predicted octanol–water partition coefficient (Wildman–Crippen LogP) is 2.30. The third kappa shape index (κ3) is 2.26. The molecule has 0 bridgehead atoms. The Labute approximate surface area is 88.6 Å². The van der Waals surface area contributed by atoms with Crippen LogP contribution in [0.4, 0.5) is 5.69 Å². The Morgan fingerprint density at radius 3 is 2.69 bits per heavy atom. The number of H-pyrrole nitrogens is 1. The Morgan fingerprint density at radius 1 is 1.31 bits per heavy atom. The van der Waals surface area contributed by atoms with Gasteiger partial charge < -0.3 is 10.7 Å². The van der Waals surface area contributed by atoms with Crippen LogP contribution < -0.4 is 5.73 Å². The smallest absolute Gasteiger partial charge is 0.104 e. The van der Waals surface area contributed by atoms with Crippen molar-refractivity contribution in [1.82, 2.24) is 9.97 Å². The van der Waals surface area contributed by atoms with Crippen molar-refractivity contribution < 1.29 is 0 Å². The van der Waals surface area contributed by atoms with Gasteiger partial charge in [-0.2, -0.15) is 0 Å². The quantitative estimate of drug-likeness (QED) is 0.669. The van der Waals surface area contributed by atoms with E-state index in [1.807, 2.05) is 25.1 Å². The summed E-state index contributed by atoms with van der Waals surface area (Å²) in [6, 6.07) is 5.64. The Balaban J connectivity index is 0.000000720. The van der Waals surface area contributed by atoms with Gasteiger partial charge in [0.25, 0.3) is 0 Å². The number of nitrogens with zero attached hydrogens (tertiary/aromatic N) is 1. The van der Waals surface area contributed by atoms with E-state index in [1.54, 1.807) is 0 Å². The first-order chi connectivity index (χ1) is 5.25. The topological polar surface area (TPSA) is 54.7 Å². The van der Waals surface area contributed by atoms with E-state index in [4.69, 9.17) is 5.73 Å². The van der Waals surface area contributed by atoms with Crippen molar-refractivity contribution in [1.29, 1.82) is 0 Å². The molecule has 1 heterocycles. The highest BCUT2D eigenvalue weighted by atomic mass is 35.5. The van der Waals surface area contributed by atoms with E-state index in [1.165, 1.54) is 0 Å². The fourth-order valence-electron chi connectivity index (χ4n) is 1.15. The maximum atomic E-state index is 5.59. The molecule has 0 fully saturated rings. The number of halogens is 2. The number of aromatic amines is 1. The number of nitrogens with one attached hydrogen (secondary N) is 1. The molecule has 3 nitrogen and oxygen atoms in total. The summed E-state index contributed by atoms with van der Waals surface area (Å²) < 4.78 is 0. The molecule has 0 amide bonds. The average molecular weight is 220 g/mol. The number of nitrogens with two attached hydrogens (primary N) is 1. The second kappa shape index (κ2) is 4.35. The van der Waals surface area contributed by atoms with Crippen molar-refractivity contribution >= 4 is 41.5 Å². The lowest BCUT2D eigenvalue weighted by Gasteiger charge is -1.89. The standard InChI is InChI=1S/C8H9N3.2ClH/c1-5-10-7-3-2-6(9)4-8(7)11-5;;/h2-4H,9H2,1H3,(H,10,11);2*1H. The van der Waals surface area contributed by atoms with Gasteiger partial charge in [-0.1, -0.05) is 0 Å². The molecular formula is C8H11Cl2N3. The summed E-state index contributed by atoms with van der Waals surface area (Å²) in [4.78, 5) is 7.35. The molecule has 0 unspecified atom stereocenters. The van der Waals surface area contributed by atoms with Crippen LogP contribution in [0.1, 0.15) is 5.82 Å². The fourth-order valence-corrected chi connectivity index (χ4v) is 1.15. The second-order valence-corrected chi connectivity index (χ2v) is 2.60. The summed E-state index contributed by atoms with van der Waals surface area (Å²) in [6.07, 6.45) is 0. The molecule has 0 aliphatic carbocycles. The van der Waals surface area contributed by atoms with E-state index in [9.17, 15) is 0 Å². The van der Waals surface area contributed by atoms with Crippen LogP contribution in [0.3, 0.4) is 0 Å². The minimum atomic E-state index is 0. The van der Waals surface area contributed by atoms with E-state index in [2.05, 4.69) is 9.97 Å². The molecule has 2 aromatic rings. The van der Waals surface area contributed by atoms with Gasteiger partial charge >= 0.3 is 0 Å². The zero-order valence-electron chi connectivity index (χ0n) is 7.07. The van der Waals surface area contributed by atoms with Crippen LogP contribution in [0.2, 0.25) is 0 Å². The number of rotatable bonds is 0. The average Bonchev–Trinajstić information content (AvgIpc) is 2.27. The van der Waals surface area contributed by atoms with E-state index in [0.29, 0.717) is 0 Å². The van der Waals surface area contributed by atoms with Gasteiger partial charge in [-0.05, 0) is 25.1 Å². The van der Waals surface area contributed by atoms with E-state index >= 15 is 0 Å². The van der Waals surface area contributed by atoms with Crippen LogP contribution in [0.5, 0.6) is 0 Å². The molecule has 5 heteroatoms. The van der Waals surface area contributed by atoms with Crippen LogP contribution in [0.15, 0.2) is 18.2 Å². The molecule has 0 atom stereocenters. The lowest BCUT2D eigenvalue weighted by Crippen LogP contribution is -1.82. The number of anilines is 1. The van der Waals surface area contributed by atoms with Crippen molar-refractivity contribution in [2.45, 2.75) is 6.92 Å². The number of benzene rings is 1. The van der Waals surface area contributed by atoms with Gasteiger partial charge in [0.05, 0.1) is 11.0 Å². The van der Waals surface area contributed by atoms with Gasteiger partial charge in [-0.25, -0.2) is 4.98 Å². The van der Waals surface area contributed by atoms with Gasteiger partial charge in [-0.15, -0.1) is 24.8 Å². The minimum Gasteiger partial charge on any atom is -0.399 e. The monoisotopic (exact) mass is 219 g/mol. The van der Waals surface area contributed by atoms with E-state index in [-0.39, 0.29) is 24.8 Å². The summed E-state index contributed by atoms with van der Waals surface area (Å²) in [5.74, 6) is 0.922. The summed E-state index contributed by atoms with van der Waals surface area (Å²) in [6.45, 7) is 1.93. The summed E-state index contributed by atoms with van der Waals surface area (Å²) in [5.41, 5.74) is 8.32. The van der Waals surface area contributed by atoms with Gasteiger partial charge in [0.15, 0.2) is 0 Å². The zero-order chi connectivity index (χ0) is 7.84. The van der Waals surface area contributed by atoms with Crippen molar-refractivity contribution in [3.05, 3.63) is 24.0 Å². The van der Waals surface area contributed by atoms with E-state index < -0.39 is 0 Å². The summed E-state index contributed by atoms with van der Waals surface area (Å²) in [7, 11) is 0. The Kier molecular flexibility index (Phi) is 4.04. The van der Waals surface area contributed by atoms with Gasteiger partial charge in [0.2, 0.25) is 0 Å². The lowest BCUT2D eigenvalue weighted by atomic mass is 10.3. The van der Waals surface area contributed by atoms with Gasteiger partial charge in [0.1, 0.15) is 5.82 Å². The molecule has 0 aliphatic rings. The van der Waals surface area contributed by atoms with Crippen molar-refractivity contribution in [2.24, 2.45) is 0 Å². The number of nitrogen functional groups attached to an aromatic ring is 1. The highest BCUT2D eigenvalue weighted by Crippen LogP contribution is 2.13. The van der Waals surface area contributed by atoms with Crippen molar-refractivity contribution in [3.63, 3.8) is 0 Å². The highest BCUT2D eigenvalue weighted by molar-refractivity contribution is 5.85. The molecule has 72 valence electrons. The first kappa shape index (κ1) is 12.1. The van der Waals surface area contributed by atoms with Crippen LogP contribution in [0.25, 0.3) is 11.0 Å². The maximum absolute atomic E-state index is 5.59. The highest BCUT2D eigenvalue weighted by Gasteiger charge is 1.97. The van der Waals surface area contributed by atoms with Crippen LogP contribution in [-0.4, -0.2) is 9.97 Å². The third-order valence-corrected chi connectivity index (χ3v) is 1.62. The number of aryl methyl sites for hydroxylation is 1. The van der Waals surface area contributed by atoms with E-state index in [0.717, 1.165) is 22.5 Å². The largest absolute Gasteiger partial charge is 0.399 e. The molecule has 3 N–H and O–H groups in total. The molecule has 13 heavy (non-hydrogen) atoms.